The fourth-order valence-corrected chi connectivity index (χ4v) is 4.55. The number of aliphatic hydroxyl groups excluding tert-OH is 1. The zero-order chi connectivity index (χ0) is 17.6. The average molecular weight is 346 g/mol. The summed E-state index contributed by atoms with van der Waals surface area (Å²) in [6, 6.07) is 2.56. The number of rotatable bonds is 9. The Hall–Kier alpha value is -0.280. The van der Waals surface area contributed by atoms with Gasteiger partial charge in [-0.1, -0.05) is 6.92 Å². The van der Waals surface area contributed by atoms with E-state index in [1.165, 1.54) is 0 Å². The molecule has 1 rings (SSSR count). The molecule has 0 aromatic heterocycles. The van der Waals surface area contributed by atoms with Crippen molar-refractivity contribution in [2.75, 3.05) is 6.61 Å². The molecule has 0 radical (unpaired) electrons. The quantitative estimate of drug-likeness (QED) is 0.510. The van der Waals surface area contributed by atoms with Gasteiger partial charge in [0.25, 0.3) is 8.53 Å². The highest BCUT2D eigenvalue weighted by Gasteiger charge is 2.44. The van der Waals surface area contributed by atoms with Crippen LogP contribution in [0.4, 0.5) is 0 Å². The normalized spacial score (nSPS) is 29.4. The van der Waals surface area contributed by atoms with Crippen LogP contribution in [0.3, 0.4) is 0 Å². The third-order valence-electron chi connectivity index (χ3n) is 3.85. The Morgan fingerprint density at radius 2 is 1.91 bits per heavy atom. The van der Waals surface area contributed by atoms with Gasteiger partial charge in [0.2, 0.25) is 0 Å². The minimum absolute atomic E-state index is 0.134. The van der Waals surface area contributed by atoms with Crippen molar-refractivity contribution in [3.05, 3.63) is 0 Å². The van der Waals surface area contributed by atoms with Gasteiger partial charge >= 0.3 is 0 Å². The van der Waals surface area contributed by atoms with Crippen LogP contribution in [0.15, 0.2) is 0 Å². The van der Waals surface area contributed by atoms with Crippen LogP contribution in [0.25, 0.3) is 0 Å². The third kappa shape index (κ3) is 5.63. The van der Waals surface area contributed by atoms with E-state index in [1.807, 2.05) is 13.8 Å². The molecule has 1 N–H and O–H groups in total. The molecule has 0 saturated carbocycles. The lowest BCUT2D eigenvalue weighted by Gasteiger charge is -2.37. The number of aliphatic hydroxyl groups is 1. The van der Waals surface area contributed by atoms with Crippen LogP contribution in [-0.2, 0) is 13.8 Å². The van der Waals surface area contributed by atoms with E-state index < -0.39 is 20.7 Å². The van der Waals surface area contributed by atoms with E-state index >= 15 is 0 Å². The highest BCUT2D eigenvalue weighted by atomic mass is 31.2. The predicted molar refractivity (Wildman–Crippen MR) is 90.7 cm³/mol. The fourth-order valence-electron chi connectivity index (χ4n) is 2.78. The molecule has 1 aliphatic rings. The molecule has 134 valence electrons. The van der Waals surface area contributed by atoms with Crippen molar-refractivity contribution in [3.8, 4) is 6.07 Å². The molecule has 0 spiro atoms. The van der Waals surface area contributed by atoms with Crippen LogP contribution in [0.1, 0.15) is 54.4 Å². The van der Waals surface area contributed by atoms with Gasteiger partial charge in [0.1, 0.15) is 12.2 Å². The van der Waals surface area contributed by atoms with Crippen LogP contribution in [0, 0.1) is 11.3 Å². The summed E-state index contributed by atoms with van der Waals surface area (Å²) in [7, 11) is -1.36. The first-order chi connectivity index (χ1) is 10.8. The molecule has 1 fully saturated rings. The lowest BCUT2D eigenvalue weighted by Crippen LogP contribution is -2.39. The second-order valence-corrected chi connectivity index (χ2v) is 7.80. The number of nitriles is 1. The van der Waals surface area contributed by atoms with Crippen molar-refractivity contribution >= 4 is 8.53 Å². The summed E-state index contributed by atoms with van der Waals surface area (Å²) in [6.07, 6.45) is -0.340. The van der Waals surface area contributed by atoms with Crippen LogP contribution in [-0.4, -0.2) is 52.9 Å². The maximum Gasteiger partial charge on any atom is 0.259 e. The molecule has 5 atom stereocenters. The van der Waals surface area contributed by atoms with Crippen LogP contribution >= 0.6 is 8.53 Å². The maximum absolute atomic E-state index is 10.4. The summed E-state index contributed by atoms with van der Waals surface area (Å²) in [5, 5.41) is 19.1. The highest BCUT2D eigenvalue weighted by molar-refractivity contribution is 7.44. The third-order valence-corrected chi connectivity index (χ3v) is 5.98. The second-order valence-electron chi connectivity index (χ2n) is 6.40. The Balaban J connectivity index is 2.88. The van der Waals surface area contributed by atoms with Crippen molar-refractivity contribution in [1.29, 1.82) is 5.26 Å². The van der Waals surface area contributed by atoms with Gasteiger partial charge in [-0.3, -0.25) is 0 Å². The minimum atomic E-state index is -1.36. The first kappa shape index (κ1) is 20.8. The molecule has 7 heteroatoms. The van der Waals surface area contributed by atoms with Gasteiger partial charge in [-0.25, -0.2) is 4.67 Å². The Labute approximate surface area is 141 Å². The molecular weight excluding hydrogens is 315 g/mol. The molecule has 1 saturated heterocycles. The highest BCUT2D eigenvalue weighted by Crippen LogP contribution is 2.49. The molecule has 0 aromatic rings. The standard InChI is InChI=1S/C16H31N2O4P/c1-7-14-16(15(19)13(6)21-14)22-23(20-10-8-9-17)18(11(2)3)12(4)5/h11-16,19H,7-8,10H2,1-6H3/t13?,14?,15-,16+,23?/m1/s1. The smallest absolute Gasteiger partial charge is 0.259 e. The van der Waals surface area contributed by atoms with E-state index in [4.69, 9.17) is 19.0 Å². The van der Waals surface area contributed by atoms with E-state index in [0.717, 1.165) is 6.42 Å². The van der Waals surface area contributed by atoms with Crippen molar-refractivity contribution < 1.29 is 18.9 Å². The molecule has 23 heavy (non-hydrogen) atoms. The monoisotopic (exact) mass is 346 g/mol. The zero-order valence-corrected chi connectivity index (χ0v) is 16.0. The van der Waals surface area contributed by atoms with Crippen molar-refractivity contribution in [1.82, 2.24) is 4.67 Å². The SMILES string of the molecule is CCC1OC(C)[C@@H](O)[C@H]1OP(OCCC#N)N(C(C)C)C(C)C. The summed E-state index contributed by atoms with van der Waals surface area (Å²) < 4.78 is 20.0. The number of ether oxygens (including phenoxy) is 1. The van der Waals surface area contributed by atoms with Crippen molar-refractivity contribution in [3.63, 3.8) is 0 Å². The summed E-state index contributed by atoms with van der Waals surface area (Å²) in [6.45, 7) is 12.6. The van der Waals surface area contributed by atoms with Gasteiger partial charge in [0.05, 0.1) is 31.3 Å². The first-order valence-corrected chi connectivity index (χ1v) is 9.55. The van der Waals surface area contributed by atoms with Gasteiger partial charge in [-0.15, -0.1) is 0 Å². The molecule has 0 aliphatic carbocycles. The summed E-state index contributed by atoms with van der Waals surface area (Å²) in [5.41, 5.74) is 0. The predicted octanol–water partition coefficient (Wildman–Crippen LogP) is 3.21. The van der Waals surface area contributed by atoms with Gasteiger partial charge in [0.15, 0.2) is 0 Å². The Morgan fingerprint density at radius 3 is 2.39 bits per heavy atom. The van der Waals surface area contributed by atoms with Crippen LogP contribution in [0.2, 0.25) is 0 Å². The Bertz CT molecular complexity index is 381. The van der Waals surface area contributed by atoms with Gasteiger partial charge in [-0.05, 0) is 41.0 Å². The Morgan fingerprint density at radius 1 is 1.30 bits per heavy atom. The van der Waals surface area contributed by atoms with E-state index in [1.54, 1.807) is 0 Å². The van der Waals surface area contributed by atoms with Gasteiger partial charge < -0.3 is 18.9 Å². The largest absolute Gasteiger partial charge is 0.388 e. The number of hydrogen-bond donors (Lipinski definition) is 1. The minimum Gasteiger partial charge on any atom is -0.388 e. The number of nitrogens with zero attached hydrogens (tertiary/aromatic N) is 2. The molecular formula is C16H31N2O4P. The number of hydrogen-bond acceptors (Lipinski definition) is 6. The van der Waals surface area contributed by atoms with E-state index in [9.17, 15) is 5.11 Å². The molecule has 0 bridgehead atoms. The van der Waals surface area contributed by atoms with Gasteiger partial charge in [-0.2, -0.15) is 5.26 Å². The lowest BCUT2D eigenvalue weighted by molar-refractivity contribution is 0.0159. The van der Waals surface area contributed by atoms with E-state index in [-0.39, 0.29) is 24.3 Å². The van der Waals surface area contributed by atoms with Crippen LogP contribution in [0.5, 0.6) is 0 Å². The second kappa shape index (κ2) is 9.88. The van der Waals surface area contributed by atoms with Crippen molar-refractivity contribution in [2.45, 2.75) is 90.9 Å². The van der Waals surface area contributed by atoms with Crippen molar-refractivity contribution in [2.24, 2.45) is 0 Å². The Kier molecular flexibility index (Phi) is 8.92. The summed E-state index contributed by atoms with van der Waals surface area (Å²) in [5.74, 6) is 0. The molecule has 3 unspecified atom stereocenters. The zero-order valence-electron chi connectivity index (χ0n) is 15.1. The maximum atomic E-state index is 10.4. The molecule has 0 aromatic carbocycles. The topological polar surface area (TPSA) is 75.0 Å². The van der Waals surface area contributed by atoms with E-state index in [2.05, 4.69) is 38.4 Å². The molecule has 1 heterocycles. The fraction of sp³-hybridized carbons (Fsp3) is 0.938. The average Bonchev–Trinajstić information content (AvgIpc) is 2.74. The summed E-state index contributed by atoms with van der Waals surface area (Å²) >= 11 is 0. The molecule has 6 nitrogen and oxygen atoms in total. The summed E-state index contributed by atoms with van der Waals surface area (Å²) in [4.78, 5) is 0. The first-order valence-electron chi connectivity index (χ1n) is 8.41. The lowest BCUT2D eigenvalue weighted by atomic mass is 10.1. The van der Waals surface area contributed by atoms with Crippen LogP contribution < -0.4 is 0 Å². The molecule has 1 aliphatic heterocycles. The molecule has 0 amide bonds. The van der Waals surface area contributed by atoms with E-state index in [0.29, 0.717) is 13.0 Å². The van der Waals surface area contributed by atoms with Gasteiger partial charge in [0, 0.05) is 12.1 Å².